The number of hydrogen-bond donors (Lipinski definition) is 0. The smallest absolute Gasteiger partial charge is 0.128 e. The maximum Gasteiger partial charge on any atom is 0.128 e. The Kier molecular flexibility index (Phi) is 3.43. The molecular formula is C15H18N2. The topological polar surface area (TPSA) is 16.1 Å². The van der Waals surface area contributed by atoms with Gasteiger partial charge in [0.05, 0.1) is 0 Å². The first-order valence-corrected chi connectivity index (χ1v) is 5.86. The molecule has 0 saturated carbocycles. The fourth-order valence-electron chi connectivity index (χ4n) is 1.87. The van der Waals surface area contributed by atoms with Gasteiger partial charge in [0.1, 0.15) is 5.82 Å². The van der Waals surface area contributed by atoms with E-state index in [-0.39, 0.29) is 0 Å². The molecule has 0 bridgehead atoms. The van der Waals surface area contributed by atoms with E-state index in [1.165, 1.54) is 11.1 Å². The number of aryl methyl sites for hydroxylation is 2. The number of nitrogens with zero attached hydrogens (tertiary/aromatic N) is 2. The van der Waals surface area contributed by atoms with Gasteiger partial charge in [-0.2, -0.15) is 0 Å². The summed E-state index contributed by atoms with van der Waals surface area (Å²) < 4.78 is 0. The molecule has 0 amide bonds. The molecule has 2 rings (SSSR count). The maximum atomic E-state index is 4.52. The van der Waals surface area contributed by atoms with Crippen LogP contribution in [0.4, 0.5) is 5.82 Å². The molecule has 17 heavy (non-hydrogen) atoms. The molecule has 1 heterocycles. The van der Waals surface area contributed by atoms with Gasteiger partial charge in [-0.25, -0.2) is 4.98 Å². The second kappa shape index (κ2) is 5.00. The molecule has 0 aliphatic carbocycles. The molecular weight excluding hydrogens is 208 g/mol. The summed E-state index contributed by atoms with van der Waals surface area (Å²) in [6, 6.07) is 14.6. The standard InChI is InChI=1S/C15H18N2/c1-12-7-4-5-9-14(12)11-17(3)15-10-6-8-13(2)16-15/h4-10H,11H2,1-3H3. The van der Waals surface area contributed by atoms with Crippen LogP contribution in [0.3, 0.4) is 0 Å². The number of benzene rings is 1. The lowest BCUT2D eigenvalue weighted by molar-refractivity contribution is 0.885. The van der Waals surface area contributed by atoms with Gasteiger partial charge in [0, 0.05) is 19.3 Å². The monoisotopic (exact) mass is 226 g/mol. The lowest BCUT2D eigenvalue weighted by atomic mass is 10.1. The molecule has 0 fully saturated rings. The van der Waals surface area contributed by atoms with Crippen LogP contribution in [0.5, 0.6) is 0 Å². The van der Waals surface area contributed by atoms with Crippen LogP contribution >= 0.6 is 0 Å². The van der Waals surface area contributed by atoms with Gasteiger partial charge in [-0.05, 0) is 37.1 Å². The van der Waals surface area contributed by atoms with Gasteiger partial charge in [-0.3, -0.25) is 0 Å². The number of hydrogen-bond acceptors (Lipinski definition) is 2. The number of rotatable bonds is 3. The van der Waals surface area contributed by atoms with Gasteiger partial charge in [0.2, 0.25) is 0 Å². The Bertz CT molecular complexity index is 506. The van der Waals surface area contributed by atoms with Crippen LogP contribution in [0, 0.1) is 13.8 Å². The Morgan fingerprint density at radius 1 is 1.00 bits per heavy atom. The molecule has 0 atom stereocenters. The Balaban J connectivity index is 2.17. The zero-order chi connectivity index (χ0) is 12.3. The van der Waals surface area contributed by atoms with Crippen LogP contribution in [0.25, 0.3) is 0 Å². The third kappa shape index (κ3) is 2.84. The van der Waals surface area contributed by atoms with Crippen LogP contribution in [0.1, 0.15) is 16.8 Å². The summed E-state index contributed by atoms with van der Waals surface area (Å²) in [6.07, 6.45) is 0. The predicted octanol–water partition coefficient (Wildman–Crippen LogP) is 3.33. The van der Waals surface area contributed by atoms with E-state index in [0.717, 1.165) is 18.1 Å². The molecule has 2 heteroatoms. The van der Waals surface area contributed by atoms with E-state index in [0.29, 0.717) is 0 Å². The second-order valence-electron chi connectivity index (χ2n) is 4.42. The molecule has 0 N–H and O–H groups in total. The SMILES string of the molecule is Cc1cccc(N(C)Cc2ccccc2C)n1. The summed E-state index contributed by atoms with van der Waals surface area (Å²) in [5.74, 6) is 1.02. The van der Waals surface area contributed by atoms with E-state index < -0.39 is 0 Å². The van der Waals surface area contributed by atoms with Crippen molar-refractivity contribution in [2.24, 2.45) is 0 Å². The minimum Gasteiger partial charge on any atom is -0.355 e. The van der Waals surface area contributed by atoms with Crippen molar-refractivity contribution < 1.29 is 0 Å². The Labute approximate surface area is 103 Å². The molecule has 0 radical (unpaired) electrons. The lowest BCUT2D eigenvalue weighted by Gasteiger charge is -2.19. The summed E-state index contributed by atoms with van der Waals surface area (Å²) in [5, 5.41) is 0. The van der Waals surface area contributed by atoms with Crippen LogP contribution in [-0.4, -0.2) is 12.0 Å². The van der Waals surface area contributed by atoms with Crippen LogP contribution in [-0.2, 0) is 6.54 Å². The average molecular weight is 226 g/mol. The van der Waals surface area contributed by atoms with E-state index >= 15 is 0 Å². The van der Waals surface area contributed by atoms with Crippen molar-refractivity contribution in [1.29, 1.82) is 0 Å². The first-order valence-electron chi connectivity index (χ1n) is 5.86. The molecule has 0 spiro atoms. The van der Waals surface area contributed by atoms with E-state index in [4.69, 9.17) is 0 Å². The Morgan fingerprint density at radius 3 is 2.47 bits per heavy atom. The number of pyridine rings is 1. The van der Waals surface area contributed by atoms with Crippen molar-refractivity contribution in [2.45, 2.75) is 20.4 Å². The quantitative estimate of drug-likeness (QED) is 0.798. The largest absolute Gasteiger partial charge is 0.355 e. The van der Waals surface area contributed by atoms with Crippen molar-refractivity contribution in [3.63, 3.8) is 0 Å². The van der Waals surface area contributed by atoms with Crippen LogP contribution < -0.4 is 4.90 Å². The summed E-state index contributed by atoms with van der Waals surface area (Å²) in [6.45, 7) is 5.06. The summed E-state index contributed by atoms with van der Waals surface area (Å²) in [5.41, 5.74) is 3.73. The minimum atomic E-state index is 0.892. The van der Waals surface area contributed by atoms with Crippen molar-refractivity contribution in [2.75, 3.05) is 11.9 Å². The number of aromatic nitrogens is 1. The molecule has 1 aromatic heterocycles. The zero-order valence-electron chi connectivity index (χ0n) is 10.6. The van der Waals surface area contributed by atoms with E-state index in [9.17, 15) is 0 Å². The molecule has 1 aromatic carbocycles. The molecule has 0 aliphatic rings. The van der Waals surface area contributed by atoms with E-state index in [2.05, 4.69) is 48.1 Å². The van der Waals surface area contributed by atoms with Gasteiger partial charge >= 0.3 is 0 Å². The van der Waals surface area contributed by atoms with E-state index in [1.807, 2.05) is 25.1 Å². The van der Waals surface area contributed by atoms with Crippen molar-refractivity contribution in [3.8, 4) is 0 Å². The van der Waals surface area contributed by atoms with Gasteiger partial charge in [-0.15, -0.1) is 0 Å². The zero-order valence-corrected chi connectivity index (χ0v) is 10.6. The Hall–Kier alpha value is -1.83. The summed E-state index contributed by atoms with van der Waals surface area (Å²) in [7, 11) is 2.08. The molecule has 88 valence electrons. The van der Waals surface area contributed by atoms with Gasteiger partial charge in [-0.1, -0.05) is 30.3 Å². The molecule has 0 aliphatic heterocycles. The van der Waals surface area contributed by atoms with Crippen molar-refractivity contribution in [3.05, 3.63) is 59.3 Å². The maximum absolute atomic E-state index is 4.52. The highest BCUT2D eigenvalue weighted by Crippen LogP contribution is 2.15. The van der Waals surface area contributed by atoms with Gasteiger partial charge in [0.25, 0.3) is 0 Å². The summed E-state index contributed by atoms with van der Waals surface area (Å²) in [4.78, 5) is 6.70. The van der Waals surface area contributed by atoms with Crippen molar-refractivity contribution >= 4 is 5.82 Å². The lowest BCUT2D eigenvalue weighted by Crippen LogP contribution is -2.18. The highest BCUT2D eigenvalue weighted by atomic mass is 15.2. The first-order chi connectivity index (χ1) is 8.16. The average Bonchev–Trinajstić information content (AvgIpc) is 2.32. The minimum absolute atomic E-state index is 0.892. The first kappa shape index (κ1) is 11.6. The molecule has 0 unspecified atom stereocenters. The normalized spacial score (nSPS) is 10.3. The third-order valence-electron chi connectivity index (χ3n) is 2.93. The highest BCUT2D eigenvalue weighted by molar-refractivity contribution is 5.40. The van der Waals surface area contributed by atoms with Crippen LogP contribution in [0.15, 0.2) is 42.5 Å². The highest BCUT2D eigenvalue weighted by Gasteiger charge is 2.04. The predicted molar refractivity (Wildman–Crippen MR) is 72.3 cm³/mol. The molecule has 0 saturated heterocycles. The molecule has 2 nitrogen and oxygen atoms in total. The fraction of sp³-hybridized carbons (Fsp3) is 0.267. The summed E-state index contributed by atoms with van der Waals surface area (Å²) >= 11 is 0. The van der Waals surface area contributed by atoms with Crippen LogP contribution in [0.2, 0.25) is 0 Å². The fourth-order valence-corrected chi connectivity index (χ4v) is 1.87. The van der Waals surface area contributed by atoms with Crippen molar-refractivity contribution in [1.82, 2.24) is 4.98 Å². The van der Waals surface area contributed by atoms with E-state index in [1.54, 1.807) is 0 Å². The van der Waals surface area contributed by atoms with Gasteiger partial charge in [0.15, 0.2) is 0 Å². The molecule has 2 aromatic rings. The third-order valence-corrected chi connectivity index (χ3v) is 2.93. The van der Waals surface area contributed by atoms with Gasteiger partial charge < -0.3 is 4.90 Å². The second-order valence-corrected chi connectivity index (χ2v) is 4.42. The Morgan fingerprint density at radius 2 is 1.76 bits per heavy atom. The number of anilines is 1.